The lowest BCUT2D eigenvalue weighted by Crippen LogP contribution is -2.37. The third-order valence-corrected chi connectivity index (χ3v) is 6.32. The Labute approximate surface area is 195 Å². The molecule has 2 aliphatic heterocycles. The van der Waals surface area contributed by atoms with Crippen LogP contribution in [0.15, 0.2) is 30.6 Å². The van der Waals surface area contributed by atoms with E-state index in [0.717, 1.165) is 48.8 Å². The second-order valence-corrected chi connectivity index (χ2v) is 9.75. The molecular weight excluding hydrogens is 416 g/mol. The molecule has 2 atom stereocenters. The lowest BCUT2D eigenvalue weighted by atomic mass is 10.0. The van der Waals surface area contributed by atoms with Gasteiger partial charge in [0, 0.05) is 61.9 Å². The first-order valence-corrected chi connectivity index (χ1v) is 11.6. The lowest BCUT2D eigenvalue weighted by molar-refractivity contribution is 0.0282. The number of amides is 1. The van der Waals surface area contributed by atoms with Crippen LogP contribution in [0.2, 0.25) is 0 Å². The largest absolute Gasteiger partial charge is 0.444 e. The molecule has 2 aromatic heterocycles. The van der Waals surface area contributed by atoms with Crippen molar-refractivity contribution in [2.45, 2.75) is 46.8 Å². The van der Waals surface area contributed by atoms with Gasteiger partial charge in [0.05, 0.1) is 17.5 Å². The van der Waals surface area contributed by atoms with Crippen LogP contribution < -0.4 is 4.90 Å². The fraction of sp³-hybridized carbons (Fsp3) is 0.520. The van der Waals surface area contributed by atoms with E-state index in [2.05, 4.69) is 22.1 Å². The number of pyridine rings is 1. The molecular formula is C25H32N6O2. The predicted molar refractivity (Wildman–Crippen MR) is 127 cm³/mol. The van der Waals surface area contributed by atoms with Crippen molar-refractivity contribution < 1.29 is 9.53 Å². The predicted octanol–water partition coefficient (Wildman–Crippen LogP) is 3.92. The van der Waals surface area contributed by atoms with E-state index in [1.165, 1.54) is 0 Å². The molecule has 0 aliphatic carbocycles. The first-order valence-electron chi connectivity index (χ1n) is 11.6. The van der Waals surface area contributed by atoms with Crippen molar-refractivity contribution in [2.75, 3.05) is 31.1 Å². The Kier molecular flexibility index (Phi) is 6.15. The smallest absolute Gasteiger partial charge is 0.410 e. The molecule has 2 aliphatic rings. The van der Waals surface area contributed by atoms with Crippen LogP contribution in [0.4, 0.5) is 10.6 Å². The summed E-state index contributed by atoms with van der Waals surface area (Å²) in [5, 5.41) is 13.8. The first kappa shape index (κ1) is 22.8. The van der Waals surface area contributed by atoms with E-state index >= 15 is 0 Å². The fourth-order valence-corrected chi connectivity index (χ4v) is 4.82. The Morgan fingerprint density at radius 3 is 2.42 bits per heavy atom. The van der Waals surface area contributed by atoms with Gasteiger partial charge in [-0.25, -0.2) is 9.78 Å². The minimum absolute atomic E-state index is 0.215. The van der Waals surface area contributed by atoms with Crippen molar-refractivity contribution in [1.29, 1.82) is 5.26 Å². The van der Waals surface area contributed by atoms with E-state index in [0.29, 0.717) is 23.9 Å². The van der Waals surface area contributed by atoms with E-state index in [9.17, 15) is 10.1 Å². The molecule has 0 radical (unpaired) electrons. The number of ether oxygens (including phenoxy) is 1. The fourth-order valence-electron chi connectivity index (χ4n) is 4.82. The summed E-state index contributed by atoms with van der Waals surface area (Å²) in [7, 11) is 0. The molecule has 8 heteroatoms. The minimum Gasteiger partial charge on any atom is -0.444 e. The number of hydrogen-bond acceptors (Lipinski definition) is 6. The Balaban J connectivity index is 1.44. The van der Waals surface area contributed by atoms with Crippen molar-refractivity contribution in [3.05, 3.63) is 47.4 Å². The molecule has 33 heavy (non-hydrogen) atoms. The number of hydrogen-bond donors (Lipinski definition) is 0. The van der Waals surface area contributed by atoms with Gasteiger partial charge in [0.25, 0.3) is 0 Å². The monoisotopic (exact) mass is 448 g/mol. The molecule has 0 N–H and O–H groups in total. The summed E-state index contributed by atoms with van der Waals surface area (Å²) in [6, 6.07) is 6.36. The average Bonchev–Trinajstić information content (AvgIpc) is 3.46. The number of likely N-dealkylation sites (tertiary alicyclic amines) is 1. The van der Waals surface area contributed by atoms with Gasteiger partial charge in [0.2, 0.25) is 0 Å². The number of aryl methyl sites for hydroxylation is 1. The van der Waals surface area contributed by atoms with Gasteiger partial charge >= 0.3 is 6.09 Å². The molecule has 0 bridgehead atoms. The molecule has 8 nitrogen and oxygen atoms in total. The zero-order valence-electron chi connectivity index (χ0n) is 20.1. The summed E-state index contributed by atoms with van der Waals surface area (Å²) in [5.74, 6) is 1.81. The summed E-state index contributed by atoms with van der Waals surface area (Å²) in [6.45, 7) is 13.6. The molecule has 0 aromatic carbocycles. The maximum atomic E-state index is 12.4. The number of anilines is 1. The van der Waals surface area contributed by atoms with Gasteiger partial charge in [-0.1, -0.05) is 6.08 Å². The first-order chi connectivity index (χ1) is 15.7. The number of carbonyl (C=O) groups is 1. The Morgan fingerprint density at radius 1 is 1.21 bits per heavy atom. The molecule has 2 saturated heterocycles. The molecule has 174 valence electrons. The summed E-state index contributed by atoms with van der Waals surface area (Å²) >= 11 is 0. The number of nitriles is 1. The lowest BCUT2D eigenvalue weighted by Gasteiger charge is -2.26. The van der Waals surface area contributed by atoms with Crippen LogP contribution in [0.25, 0.3) is 5.57 Å². The number of carbonyl (C=O) groups excluding carboxylic acids is 1. The summed E-state index contributed by atoms with van der Waals surface area (Å²) in [4.78, 5) is 21.3. The van der Waals surface area contributed by atoms with E-state index < -0.39 is 5.60 Å². The van der Waals surface area contributed by atoms with Gasteiger partial charge in [-0.3, -0.25) is 4.68 Å². The number of fused-ring (bicyclic) bond motifs is 1. The number of aromatic nitrogens is 3. The van der Waals surface area contributed by atoms with Gasteiger partial charge in [-0.2, -0.15) is 10.4 Å². The van der Waals surface area contributed by atoms with Crippen LogP contribution >= 0.6 is 0 Å². The van der Waals surface area contributed by atoms with Crippen LogP contribution in [-0.4, -0.2) is 57.5 Å². The van der Waals surface area contributed by atoms with E-state index in [4.69, 9.17) is 9.72 Å². The highest BCUT2D eigenvalue weighted by molar-refractivity contribution is 5.80. The van der Waals surface area contributed by atoms with Crippen LogP contribution in [0.1, 0.15) is 51.4 Å². The minimum atomic E-state index is -0.471. The Morgan fingerprint density at radius 2 is 1.91 bits per heavy atom. The van der Waals surface area contributed by atoms with Gasteiger partial charge in [-0.05, 0) is 46.8 Å². The zero-order valence-corrected chi connectivity index (χ0v) is 20.1. The maximum absolute atomic E-state index is 12.4. The molecule has 0 spiro atoms. The van der Waals surface area contributed by atoms with Crippen LogP contribution in [0.3, 0.4) is 0 Å². The van der Waals surface area contributed by atoms with Crippen LogP contribution in [-0.2, 0) is 11.3 Å². The topological polar surface area (TPSA) is 87.3 Å². The Bertz CT molecular complexity index is 1080. The SMILES string of the molecule is C/C=C(/c1ccc(N2C[C@H]3CN(C(=O)OC(C)(C)C)C[C@H]3C2)nc1)c1c(C#N)cnn1CC. The zero-order chi connectivity index (χ0) is 23.8. The molecule has 4 heterocycles. The standard InChI is InChI=1S/C25H32N6O2/c1-6-21(23-18(10-26)12-28-31(23)7-2)17-8-9-22(27-11-17)29-13-19-15-30(16-20(19)14-29)24(32)33-25(3,4)5/h6,8-9,11-12,19-20H,7,13-16H2,1-5H3/b21-6-/t19-,20+. The highest BCUT2D eigenvalue weighted by Crippen LogP contribution is 2.34. The third-order valence-electron chi connectivity index (χ3n) is 6.32. The molecule has 2 fully saturated rings. The Hall–Kier alpha value is -3.34. The maximum Gasteiger partial charge on any atom is 0.410 e. The van der Waals surface area contributed by atoms with Crippen molar-refractivity contribution in [2.24, 2.45) is 11.8 Å². The molecule has 2 aromatic rings. The van der Waals surface area contributed by atoms with E-state index in [1.807, 2.05) is 62.5 Å². The number of allylic oxidation sites excluding steroid dienone is 1. The van der Waals surface area contributed by atoms with Gasteiger partial charge < -0.3 is 14.5 Å². The summed E-state index contributed by atoms with van der Waals surface area (Å²) in [5.41, 5.74) is 2.84. The van der Waals surface area contributed by atoms with Crippen molar-refractivity contribution in [1.82, 2.24) is 19.7 Å². The van der Waals surface area contributed by atoms with E-state index in [1.54, 1.807) is 6.20 Å². The van der Waals surface area contributed by atoms with Gasteiger partial charge in [0.1, 0.15) is 17.5 Å². The quantitative estimate of drug-likeness (QED) is 0.704. The number of nitrogens with zero attached hydrogens (tertiary/aromatic N) is 6. The average molecular weight is 449 g/mol. The molecule has 4 rings (SSSR count). The van der Waals surface area contributed by atoms with Gasteiger partial charge in [0.15, 0.2) is 0 Å². The molecule has 1 amide bonds. The highest BCUT2D eigenvalue weighted by Gasteiger charge is 2.43. The second-order valence-electron chi connectivity index (χ2n) is 9.75. The third kappa shape index (κ3) is 4.58. The normalized spacial score (nSPS) is 20.7. The van der Waals surface area contributed by atoms with Crippen molar-refractivity contribution >= 4 is 17.5 Å². The van der Waals surface area contributed by atoms with Crippen LogP contribution in [0, 0.1) is 23.2 Å². The number of rotatable bonds is 4. The summed E-state index contributed by atoms with van der Waals surface area (Å²) < 4.78 is 7.38. The molecule has 0 saturated carbocycles. The second kappa shape index (κ2) is 8.89. The van der Waals surface area contributed by atoms with Crippen molar-refractivity contribution in [3.8, 4) is 6.07 Å². The van der Waals surface area contributed by atoms with Crippen LogP contribution in [0.5, 0.6) is 0 Å². The highest BCUT2D eigenvalue weighted by atomic mass is 16.6. The molecule has 0 unspecified atom stereocenters. The summed E-state index contributed by atoms with van der Waals surface area (Å²) in [6.07, 6.45) is 5.28. The van der Waals surface area contributed by atoms with Gasteiger partial charge in [-0.15, -0.1) is 0 Å². The van der Waals surface area contributed by atoms with Crippen molar-refractivity contribution in [3.63, 3.8) is 0 Å². The van der Waals surface area contributed by atoms with E-state index in [-0.39, 0.29) is 6.09 Å².